The highest BCUT2D eigenvalue weighted by molar-refractivity contribution is 6.31. The number of benzene rings is 1. The van der Waals surface area contributed by atoms with Crippen LogP contribution in [0, 0.1) is 10.1 Å². The lowest BCUT2D eigenvalue weighted by Crippen LogP contribution is -2.41. The Kier molecular flexibility index (Phi) is 6.19. The molecule has 116 valence electrons. The SMILES string of the molecule is CN1CCN(N=Cc2cc(Cl)cc([N+](=O)[O-])c2O)CC1.Cl. The molecule has 0 unspecified atom stereocenters. The highest BCUT2D eigenvalue weighted by Gasteiger charge is 2.18. The maximum Gasteiger partial charge on any atom is 0.312 e. The van der Waals surface area contributed by atoms with E-state index in [1.807, 2.05) is 12.1 Å². The predicted molar refractivity (Wildman–Crippen MR) is 83.7 cm³/mol. The van der Waals surface area contributed by atoms with Crippen LogP contribution in [0.25, 0.3) is 0 Å². The van der Waals surface area contributed by atoms with Crippen LogP contribution in [-0.2, 0) is 0 Å². The van der Waals surface area contributed by atoms with Crippen molar-refractivity contribution < 1.29 is 10.0 Å². The van der Waals surface area contributed by atoms with Crippen molar-refractivity contribution >= 4 is 35.9 Å². The monoisotopic (exact) mass is 334 g/mol. The Balaban J connectivity index is 0.00000220. The van der Waals surface area contributed by atoms with Gasteiger partial charge in [0.15, 0.2) is 0 Å². The van der Waals surface area contributed by atoms with Crippen molar-refractivity contribution in [2.24, 2.45) is 5.10 Å². The van der Waals surface area contributed by atoms with Gasteiger partial charge in [-0.2, -0.15) is 5.10 Å². The van der Waals surface area contributed by atoms with Crippen LogP contribution >= 0.6 is 24.0 Å². The van der Waals surface area contributed by atoms with Gasteiger partial charge in [0.2, 0.25) is 5.75 Å². The Bertz CT molecular complexity index is 546. The Hall–Kier alpha value is -1.57. The first-order valence-electron chi connectivity index (χ1n) is 6.12. The van der Waals surface area contributed by atoms with E-state index in [4.69, 9.17) is 11.6 Å². The van der Waals surface area contributed by atoms with Crippen molar-refractivity contribution in [3.63, 3.8) is 0 Å². The standard InChI is InChI=1S/C12H15ClN4O3.ClH/c1-15-2-4-16(5-3-15)14-8-9-6-10(13)7-11(12(9)18)17(19)20;/h6-8,18H,2-5H2,1H3;1H. The van der Waals surface area contributed by atoms with Gasteiger partial charge in [0, 0.05) is 42.8 Å². The first-order valence-corrected chi connectivity index (χ1v) is 6.49. The lowest BCUT2D eigenvalue weighted by Gasteiger charge is -2.30. The number of nitro benzene ring substituents is 1. The normalized spacial score (nSPS) is 16.0. The van der Waals surface area contributed by atoms with Gasteiger partial charge in [-0.25, -0.2) is 0 Å². The minimum atomic E-state index is -0.672. The summed E-state index contributed by atoms with van der Waals surface area (Å²) in [6.45, 7) is 3.35. The number of hydrazone groups is 1. The molecule has 1 aromatic carbocycles. The lowest BCUT2D eigenvalue weighted by atomic mass is 10.2. The quantitative estimate of drug-likeness (QED) is 0.519. The van der Waals surface area contributed by atoms with Gasteiger partial charge in [-0.1, -0.05) is 11.6 Å². The van der Waals surface area contributed by atoms with Crippen LogP contribution < -0.4 is 0 Å². The average Bonchev–Trinajstić information content (AvgIpc) is 2.41. The van der Waals surface area contributed by atoms with Crippen molar-refractivity contribution in [3.8, 4) is 5.75 Å². The van der Waals surface area contributed by atoms with E-state index in [1.165, 1.54) is 12.3 Å². The molecule has 0 atom stereocenters. The largest absolute Gasteiger partial charge is 0.502 e. The Morgan fingerprint density at radius 3 is 2.57 bits per heavy atom. The second-order valence-corrected chi connectivity index (χ2v) is 5.06. The third kappa shape index (κ3) is 4.45. The number of hydrogen-bond acceptors (Lipinski definition) is 6. The highest BCUT2D eigenvalue weighted by atomic mass is 35.5. The van der Waals surface area contributed by atoms with Gasteiger partial charge >= 0.3 is 5.69 Å². The number of likely N-dealkylation sites (N-methyl/N-ethyl adjacent to an activating group) is 1. The molecule has 9 heteroatoms. The minimum Gasteiger partial charge on any atom is -0.502 e. The first-order chi connectivity index (χ1) is 9.47. The number of aromatic hydroxyl groups is 1. The molecular weight excluding hydrogens is 319 g/mol. The van der Waals surface area contributed by atoms with Crippen molar-refractivity contribution in [2.75, 3.05) is 33.2 Å². The molecule has 0 spiro atoms. The fraction of sp³-hybridized carbons (Fsp3) is 0.417. The van der Waals surface area contributed by atoms with Gasteiger partial charge in [0.05, 0.1) is 11.1 Å². The van der Waals surface area contributed by atoms with Crippen molar-refractivity contribution in [1.82, 2.24) is 9.91 Å². The maximum absolute atomic E-state index is 10.8. The average molecular weight is 335 g/mol. The molecule has 0 aromatic heterocycles. The molecule has 0 amide bonds. The molecule has 1 aliphatic rings. The van der Waals surface area contributed by atoms with Gasteiger partial charge < -0.3 is 10.0 Å². The molecule has 1 fully saturated rings. The summed E-state index contributed by atoms with van der Waals surface area (Å²) in [6.07, 6.45) is 1.40. The number of phenols is 1. The van der Waals surface area contributed by atoms with Crippen LogP contribution in [0.4, 0.5) is 5.69 Å². The van der Waals surface area contributed by atoms with Crippen LogP contribution in [0.1, 0.15) is 5.56 Å². The van der Waals surface area contributed by atoms with Gasteiger partial charge in [-0.3, -0.25) is 15.1 Å². The summed E-state index contributed by atoms with van der Waals surface area (Å²) in [6, 6.07) is 2.56. The zero-order valence-corrected chi connectivity index (χ0v) is 13.0. The van der Waals surface area contributed by atoms with E-state index in [2.05, 4.69) is 10.0 Å². The molecule has 1 aromatic rings. The molecule has 1 aliphatic heterocycles. The smallest absolute Gasteiger partial charge is 0.312 e. The summed E-state index contributed by atoms with van der Waals surface area (Å²) in [4.78, 5) is 12.3. The second-order valence-electron chi connectivity index (χ2n) is 4.62. The van der Waals surface area contributed by atoms with Crippen molar-refractivity contribution in [2.45, 2.75) is 0 Å². The van der Waals surface area contributed by atoms with E-state index in [1.54, 1.807) is 0 Å². The lowest BCUT2D eigenvalue weighted by molar-refractivity contribution is -0.385. The van der Waals surface area contributed by atoms with Crippen LogP contribution in [0.15, 0.2) is 17.2 Å². The number of nitrogens with zero attached hydrogens (tertiary/aromatic N) is 4. The molecular formula is C12H16Cl2N4O3. The predicted octanol–water partition coefficient (Wildman–Crippen LogP) is 1.96. The fourth-order valence-corrected chi connectivity index (χ4v) is 2.12. The van der Waals surface area contributed by atoms with Crippen LogP contribution in [0.5, 0.6) is 5.75 Å². The number of piperazine rings is 1. The fourth-order valence-electron chi connectivity index (χ4n) is 1.90. The van der Waals surface area contributed by atoms with E-state index < -0.39 is 16.4 Å². The third-order valence-corrected chi connectivity index (χ3v) is 3.34. The summed E-state index contributed by atoms with van der Waals surface area (Å²) >= 11 is 5.81. The molecule has 1 saturated heterocycles. The molecule has 0 saturated carbocycles. The highest BCUT2D eigenvalue weighted by Crippen LogP contribution is 2.32. The van der Waals surface area contributed by atoms with E-state index >= 15 is 0 Å². The molecule has 21 heavy (non-hydrogen) atoms. The third-order valence-electron chi connectivity index (χ3n) is 3.12. The summed E-state index contributed by atoms with van der Waals surface area (Å²) in [5.74, 6) is -0.419. The molecule has 7 nitrogen and oxygen atoms in total. The molecule has 1 heterocycles. The van der Waals surface area contributed by atoms with E-state index in [0.29, 0.717) is 0 Å². The van der Waals surface area contributed by atoms with Crippen LogP contribution in [-0.4, -0.2) is 59.4 Å². The molecule has 0 bridgehead atoms. The molecule has 2 rings (SSSR count). The summed E-state index contributed by atoms with van der Waals surface area (Å²) < 4.78 is 0. The van der Waals surface area contributed by atoms with E-state index in [-0.39, 0.29) is 23.0 Å². The molecule has 1 N–H and O–H groups in total. The Morgan fingerprint density at radius 1 is 1.38 bits per heavy atom. The minimum absolute atomic E-state index is 0. The van der Waals surface area contributed by atoms with Crippen LogP contribution in [0.2, 0.25) is 5.02 Å². The van der Waals surface area contributed by atoms with Crippen LogP contribution in [0.3, 0.4) is 0 Å². The van der Waals surface area contributed by atoms with Gasteiger partial charge in [-0.05, 0) is 13.1 Å². The van der Waals surface area contributed by atoms with Gasteiger partial charge in [0.25, 0.3) is 0 Å². The van der Waals surface area contributed by atoms with Gasteiger partial charge in [-0.15, -0.1) is 12.4 Å². The molecule has 0 aliphatic carbocycles. The number of rotatable bonds is 3. The van der Waals surface area contributed by atoms with Crippen molar-refractivity contribution in [3.05, 3.63) is 32.8 Å². The maximum atomic E-state index is 10.8. The number of phenolic OH excluding ortho intramolecular Hbond substituents is 1. The molecule has 0 radical (unpaired) electrons. The summed E-state index contributed by atoms with van der Waals surface area (Å²) in [5.41, 5.74) is -0.180. The van der Waals surface area contributed by atoms with E-state index in [0.717, 1.165) is 32.2 Å². The first kappa shape index (κ1) is 17.5. The second kappa shape index (κ2) is 7.44. The number of nitro groups is 1. The Labute approximate surface area is 133 Å². The van der Waals surface area contributed by atoms with E-state index in [9.17, 15) is 15.2 Å². The Morgan fingerprint density at radius 2 is 2.00 bits per heavy atom. The van der Waals surface area contributed by atoms with Crippen molar-refractivity contribution in [1.29, 1.82) is 0 Å². The zero-order chi connectivity index (χ0) is 14.7. The topological polar surface area (TPSA) is 82.2 Å². The zero-order valence-electron chi connectivity index (χ0n) is 11.4. The summed E-state index contributed by atoms with van der Waals surface area (Å²) in [5, 5.41) is 26.9. The summed E-state index contributed by atoms with van der Waals surface area (Å²) in [7, 11) is 2.03. The number of hydrogen-bond donors (Lipinski definition) is 1. The van der Waals surface area contributed by atoms with Gasteiger partial charge in [0.1, 0.15) is 0 Å². The number of halogens is 2.